The van der Waals surface area contributed by atoms with Crippen molar-refractivity contribution in [3.63, 3.8) is 0 Å². The number of ketones is 1. The van der Waals surface area contributed by atoms with E-state index in [2.05, 4.69) is 0 Å². The van der Waals surface area contributed by atoms with Gasteiger partial charge in [-0.25, -0.2) is 4.39 Å². The first-order valence-corrected chi connectivity index (χ1v) is 9.69. The Balaban J connectivity index is 2.14. The molecule has 0 bridgehead atoms. The van der Waals surface area contributed by atoms with E-state index in [1.165, 1.54) is 31.3 Å². The Labute approximate surface area is 180 Å². The number of Topliss-reactive ketones (excluding diaryl/α,β-unsaturated/α-hetero) is 1. The topological polar surface area (TPSA) is 79.3 Å². The molecule has 1 saturated heterocycles. The zero-order valence-corrected chi connectivity index (χ0v) is 17.9. The average molecular weight is 428 g/mol. The Morgan fingerprint density at radius 1 is 1.10 bits per heavy atom. The molecule has 0 spiro atoms. The molecule has 1 heterocycles. The number of likely N-dealkylation sites (N-methyl/N-ethyl adjacent to an activating group) is 1. The molecule has 0 aromatic heterocycles. The molecule has 1 fully saturated rings. The van der Waals surface area contributed by atoms with E-state index in [4.69, 9.17) is 9.47 Å². The maximum absolute atomic E-state index is 14.2. The monoisotopic (exact) mass is 428 g/mol. The average Bonchev–Trinajstić information content (AvgIpc) is 3.01. The number of amides is 1. The maximum Gasteiger partial charge on any atom is 0.295 e. The van der Waals surface area contributed by atoms with Crippen molar-refractivity contribution in [2.75, 3.05) is 41.4 Å². The van der Waals surface area contributed by atoms with E-state index < -0.39 is 29.3 Å². The van der Waals surface area contributed by atoms with Crippen molar-refractivity contribution >= 4 is 17.4 Å². The van der Waals surface area contributed by atoms with Gasteiger partial charge in [0.15, 0.2) is 11.6 Å². The molecule has 2 aromatic carbocycles. The van der Waals surface area contributed by atoms with Crippen molar-refractivity contribution in [2.24, 2.45) is 0 Å². The summed E-state index contributed by atoms with van der Waals surface area (Å²) in [4.78, 5) is 29.1. The fraction of sp³-hybridized carbons (Fsp3) is 0.304. The van der Waals surface area contributed by atoms with Crippen LogP contribution in [0, 0.1) is 5.82 Å². The van der Waals surface area contributed by atoms with Crippen LogP contribution in [0.25, 0.3) is 5.76 Å². The molecule has 0 radical (unpaired) electrons. The molecule has 1 N–H and O–H groups in total. The van der Waals surface area contributed by atoms with Gasteiger partial charge in [-0.2, -0.15) is 0 Å². The Kier molecular flexibility index (Phi) is 6.60. The highest BCUT2D eigenvalue weighted by Crippen LogP contribution is 2.40. The minimum Gasteiger partial charge on any atom is -0.507 e. The van der Waals surface area contributed by atoms with Crippen LogP contribution >= 0.6 is 0 Å². The van der Waals surface area contributed by atoms with Gasteiger partial charge in [-0.05, 0) is 50.0 Å². The van der Waals surface area contributed by atoms with Gasteiger partial charge in [0.05, 0.1) is 25.8 Å². The molecule has 1 amide bonds. The van der Waals surface area contributed by atoms with E-state index in [-0.39, 0.29) is 23.4 Å². The van der Waals surface area contributed by atoms with Crippen LogP contribution in [-0.4, -0.2) is 68.0 Å². The van der Waals surface area contributed by atoms with E-state index in [1.54, 1.807) is 24.3 Å². The summed E-state index contributed by atoms with van der Waals surface area (Å²) in [7, 11) is 6.59. The summed E-state index contributed by atoms with van der Waals surface area (Å²) in [5, 5.41) is 11.0. The molecule has 1 aliphatic heterocycles. The van der Waals surface area contributed by atoms with Gasteiger partial charge in [-0.1, -0.05) is 12.1 Å². The number of aliphatic hydroxyl groups is 1. The second-order valence-electron chi connectivity index (χ2n) is 7.42. The predicted octanol–water partition coefficient (Wildman–Crippen LogP) is 2.83. The quantitative estimate of drug-likeness (QED) is 0.415. The van der Waals surface area contributed by atoms with Gasteiger partial charge in [-0.15, -0.1) is 0 Å². The van der Waals surface area contributed by atoms with Gasteiger partial charge >= 0.3 is 0 Å². The molecule has 164 valence electrons. The van der Waals surface area contributed by atoms with E-state index in [9.17, 15) is 19.1 Å². The van der Waals surface area contributed by atoms with Crippen LogP contribution in [0.4, 0.5) is 4.39 Å². The molecule has 2 aromatic rings. The van der Waals surface area contributed by atoms with Crippen LogP contribution in [0.1, 0.15) is 17.2 Å². The number of likely N-dealkylation sites (tertiary alicyclic amines) is 1. The van der Waals surface area contributed by atoms with Crippen LogP contribution in [0.15, 0.2) is 48.0 Å². The molecule has 1 aliphatic rings. The number of hydrogen-bond acceptors (Lipinski definition) is 6. The number of nitrogens with zero attached hydrogens (tertiary/aromatic N) is 2. The third-order valence-corrected chi connectivity index (χ3v) is 5.18. The second-order valence-corrected chi connectivity index (χ2v) is 7.42. The highest BCUT2D eigenvalue weighted by molar-refractivity contribution is 6.46. The smallest absolute Gasteiger partial charge is 0.295 e. The van der Waals surface area contributed by atoms with Crippen molar-refractivity contribution in [1.29, 1.82) is 0 Å². The lowest BCUT2D eigenvalue weighted by Gasteiger charge is -2.26. The summed E-state index contributed by atoms with van der Waals surface area (Å²) in [6, 6.07) is 9.97. The first kappa shape index (κ1) is 22.3. The molecule has 8 heteroatoms. The molecule has 1 atom stereocenters. The van der Waals surface area contributed by atoms with Crippen LogP contribution in [0.3, 0.4) is 0 Å². The first-order valence-electron chi connectivity index (χ1n) is 9.69. The molecular weight excluding hydrogens is 403 g/mol. The second kappa shape index (κ2) is 9.18. The third-order valence-electron chi connectivity index (χ3n) is 5.18. The molecular formula is C23H25FN2O5. The number of benzene rings is 2. The first-order chi connectivity index (χ1) is 14.8. The number of carbonyl (C=O) groups is 2. The summed E-state index contributed by atoms with van der Waals surface area (Å²) >= 11 is 0. The fourth-order valence-electron chi connectivity index (χ4n) is 3.52. The van der Waals surface area contributed by atoms with Crippen LogP contribution < -0.4 is 9.47 Å². The fourth-order valence-corrected chi connectivity index (χ4v) is 3.52. The Morgan fingerprint density at radius 2 is 1.77 bits per heavy atom. The molecule has 0 saturated carbocycles. The summed E-state index contributed by atoms with van der Waals surface area (Å²) in [6.07, 6.45) is 0. The SMILES string of the molecule is COc1ccc([C@@H]2C(=C(O)c3ccc(OC)c(F)c3)C(=O)C(=O)N2CCN(C)C)cc1. The van der Waals surface area contributed by atoms with Gasteiger partial charge < -0.3 is 24.4 Å². The number of hydrogen-bond donors (Lipinski definition) is 1. The van der Waals surface area contributed by atoms with Crippen molar-refractivity contribution in [2.45, 2.75) is 6.04 Å². The van der Waals surface area contributed by atoms with Crippen molar-refractivity contribution in [3.8, 4) is 11.5 Å². The summed E-state index contributed by atoms with van der Waals surface area (Å²) in [5.41, 5.74) is 0.634. The van der Waals surface area contributed by atoms with Crippen LogP contribution in [-0.2, 0) is 9.59 Å². The highest BCUT2D eigenvalue weighted by atomic mass is 19.1. The summed E-state index contributed by atoms with van der Waals surface area (Å²) in [5.74, 6) is -2.02. The van der Waals surface area contributed by atoms with E-state index in [0.717, 1.165) is 6.07 Å². The van der Waals surface area contributed by atoms with Gasteiger partial charge in [-0.3, -0.25) is 9.59 Å². The Hall–Kier alpha value is -3.39. The zero-order valence-electron chi connectivity index (χ0n) is 17.9. The van der Waals surface area contributed by atoms with E-state index in [1.807, 2.05) is 19.0 Å². The van der Waals surface area contributed by atoms with Gasteiger partial charge in [0.25, 0.3) is 11.7 Å². The maximum atomic E-state index is 14.2. The van der Waals surface area contributed by atoms with Gasteiger partial charge in [0.1, 0.15) is 11.5 Å². The van der Waals surface area contributed by atoms with Crippen LogP contribution in [0.5, 0.6) is 11.5 Å². The van der Waals surface area contributed by atoms with Gasteiger partial charge in [0.2, 0.25) is 0 Å². The summed E-state index contributed by atoms with van der Waals surface area (Å²) in [6.45, 7) is 0.804. The highest BCUT2D eigenvalue weighted by Gasteiger charge is 2.45. The zero-order chi connectivity index (χ0) is 22.7. The Bertz CT molecular complexity index is 1020. The molecule has 0 aliphatic carbocycles. The van der Waals surface area contributed by atoms with E-state index >= 15 is 0 Å². The minimum atomic E-state index is -0.812. The lowest BCUT2D eigenvalue weighted by atomic mass is 9.95. The van der Waals surface area contributed by atoms with E-state index in [0.29, 0.717) is 17.9 Å². The number of methoxy groups -OCH3 is 2. The third kappa shape index (κ3) is 4.39. The molecule has 3 rings (SSSR count). The van der Waals surface area contributed by atoms with Crippen molar-refractivity contribution < 1.29 is 28.6 Å². The largest absolute Gasteiger partial charge is 0.507 e. The predicted molar refractivity (Wildman–Crippen MR) is 114 cm³/mol. The number of halogens is 1. The van der Waals surface area contributed by atoms with Crippen molar-refractivity contribution in [1.82, 2.24) is 9.80 Å². The number of aliphatic hydroxyl groups excluding tert-OH is 1. The summed E-state index contributed by atoms with van der Waals surface area (Å²) < 4.78 is 24.3. The minimum absolute atomic E-state index is 0.00897. The number of rotatable bonds is 7. The molecule has 7 nitrogen and oxygen atoms in total. The number of ether oxygens (including phenoxy) is 2. The standard InChI is InChI=1S/C23H25FN2O5/c1-25(2)11-12-26-20(14-5-8-16(30-3)9-6-14)19(22(28)23(26)29)21(27)15-7-10-18(31-4)17(24)13-15/h5-10,13,20,27H,11-12H2,1-4H3/t20-/m1/s1. The molecule has 31 heavy (non-hydrogen) atoms. The lowest BCUT2D eigenvalue weighted by molar-refractivity contribution is -0.140. The molecule has 0 unspecified atom stereocenters. The van der Waals surface area contributed by atoms with Crippen LogP contribution in [0.2, 0.25) is 0 Å². The number of carbonyl (C=O) groups excluding carboxylic acids is 2. The lowest BCUT2D eigenvalue weighted by Crippen LogP contribution is -2.35. The normalized spacial score (nSPS) is 18.0. The van der Waals surface area contributed by atoms with Gasteiger partial charge in [0, 0.05) is 18.7 Å². The Morgan fingerprint density at radius 3 is 2.32 bits per heavy atom. The van der Waals surface area contributed by atoms with Crippen molar-refractivity contribution in [3.05, 3.63) is 65.0 Å².